The average molecular weight is 379 g/mol. The Labute approximate surface area is 162 Å². The molecule has 1 aliphatic rings. The van der Waals surface area contributed by atoms with Crippen molar-refractivity contribution in [2.24, 2.45) is 0 Å². The number of hydrogen-bond acceptors (Lipinski definition) is 6. The van der Waals surface area contributed by atoms with Crippen molar-refractivity contribution >= 4 is 17.2 Å². The molecule has 1 unspecified atom stereocenters. The average Bonchev–Trinajstić information content (AvgIpc) is 3.10. The predicted octanol–water partition coefficient (Wildman–Crippen LogP) is 3.04. The van der Waals surface area contributed by atoms with Crippen molar-refractivity contribution in [1.29, 1.82) is 0 Å². The molecule has 2 aromatic heterocycles. The van der Waals surface area contributed by atoms with Gasteiger partial charge in [-0.25, -0.2) is 15.0 Å². The van der Waals surface area contributed by atoms with Crippen LogP contribution in [0.5, 0.6) is 0 Å². The maximum absolute atomic E-state index is 13.4. The lowest BCUT2D eigenvalue weighted by atomic mass is 10.0. The zero-order valence-corrected chi connectivity index (χ0v) is 16.2. The second-order valence-electron chi connectivity index (χ2n) is 6.69. The van der Waals surface area contributed by atoms with E-state index in [2.05, 4.69) is 39.0 Å². The lowest BCUT2D eigenvalue weighted by molar-refractivity contribution is 0.0502. The molecular formula is C20H21N5OS. The quantitative estimate of drug-likeness (QED) is 0.700. The third kappa shape index (κ3) is 3.61. The number of hydrogen-bond donors (Lipinski definition) is 0. The van der Waals surface area contributed by atoms with Crippen molar-refractivity contribution < 1.29 is 4.79 Å². The maximum atomic E-state index is 13.4. The minimum atomic E-state index is 0.0362. The highest BCUT2D eigenvalue weighted by Crippen LogP contribution is 2.31. The Morgan fingerprint density at radius 1 is 1.11 bits per heavy atom. The molecule has 7 heteroatoms. The van der Waals surface area contributed by atoms with Gasteiger partial charge < -0.3 is 9.80 Å². The fraction of sp³-hybridized carbons (Fsp3) is 0.300. The van der Waals surface area contributed by atoms with Gasteiger partial charge in [-0.3, -0.25) is 4.79 Å². The van der Waals surface area contributed by atoms with E-state index in [1.165, 1.54) is 11.3 Å². The van der Waals surface area contributed by atoms with E-state index < -0.39 is 0 Å². The molecule has 1 aliphatic heterocycles. The van der Waals surface area contributed by atoms with E-state index in [1.54, 1.807) is 18.5 Å². The van der Waals surface area contributed by atoms with Crippen LogP contribution in [0.4, 0.5) is 0 Å². The van der Waals surface area contributed by atoms with E-state index >= 15 is 0 Å². The largest absolute Gasteiger partial charge is 0.328 e. The molecule has 1 saturated heterocycles. The summed E-state index contributed by atoms with van der Waals surface area (Å²) in [7, 11) is 2.10. The number of aryl methyl sites for hydroxylation is 1. The summed E-state index contributed by atoms with van der Waals surface area (Å²) in [6.45, 7) is 4.26. The fourth-order valence-corrected chi connectivity index (χ4v) is 4.32. The fourth-order valence-electron chi connectivity index (χ4n) is 3.35. The van der Waals surface area contributed by atoms with Crippen LogP contribution in [0.2, 0.25) is 0 Å². The number of thiazole rings is 1. The number of amides is 1. The first kappa shape index (κ1) is 17.8. The van der Waals surface area contributed by atoms with Crippen LogP contribution in [0.15, 0.2) is 48.8 Å². The Balaban J connectivity index is 1.66. The molecule has 3 aromatic rings. The highest BCUT2D eigenvalue weighted by atomic mass is 32.1. The van der Waals surface area contributed by atoms with Crippen molar-refractivity contribution in [2.45, 2.75) is 13.0 Å². The van der Waals surface area contributed by atoms with E-state index in [0.717, 1.165) is 24.3 Å². The number of likely N-dealkylation sites (N-methyl/N-ethyl adjacent to an activating group) is 1. The van der Waals surface area contributed by atoms with E-state index in [-0.39, 0.29) is 11.9 Å². The summed E-state index contributed by atoms with van der Waals surface area (Å²) >= 11 is 1.37. The second kappa shape index (κ2) is 7.54. The van der Waals surface area contributed by atoms with E-state index in [4.69, 9.17) is 0 Å². The number of benzene rings is 1. The first-order chi connectivity index (χ1) is 13.1. The van der Waals surface area contributed by atoms with Crippen molar-refractivity contribution in [2.75, 3.05) is 26.7 Å². The van der Waals surface area contributed by atoms with Gasteiger partial charge in [0.25, 0.3) is 5.91 Å². The number of nitrogens with zero attached hydrogens (tertiary/aromatic N) is 5. The Morgan fingerprint density at radius 2 is 1.85 bits per heavy atom. The zero-order chi connectivity index (χ0) is 18.8. The van der Waals surface area contributed by atoms with Gasteiger partial charge in [0.2, 0.25) is 0 Å². The molecule has 0 aliphatic carbocycles. The normalized spacial score (nSPS) is 17.9. The third-order valence-corrected chi connectivity index (χ3v) is 5.92. The van der Waals surface area contributed by atoms with Crippen molar-refractivity contribution in [3.05, 3.63) is 64.9 Å². The molecule has 138 valence electrons. The highest BCUT2D eigenvalue weighted by Gasteiger charge is 2.32. The minimum absolute atomic E-state index is 0.0362. The molecule has 0 radical (unpaired) electrons. The van der Waals surface area contributed by atoms with Crippen molar-refractivity contribution in [3.8, 4) is 10.8 Å². The van der Waals surface area contributed by atoms with Crippen LogP contribution in [0.25, 0.3) is 10.8 Å². The molecule has 27 heavy (non-hydrogen) atoms. The van der Waals surface area contributed by atoms with Gasteiger partial charge in [0, 0.05) is 32.0 Å². The van der Waals surface area contributed by atoms with Crippen LogP contribution in [0.1, 0.15) is 27.0 Å². The third-order valence-electron chi connectivity index (χ3n) is 4.78. The SMILES string of the molecule is Cc1nc(-c2ncccn2)sc1C(=O)N1CCN(C)CC1c1ccccc1. The predicted molar refractivity (Wildman–Crippen MR) is 106 cm³/mol. The number of aromatic nitrogens is 3. The van der Waals surface area contributed by atoms with Gasteiger partial charge >= 0.3 is 0 Å². The highest BCUT2D eigenvalue weighted by molar-refractivity contribution is 7.17. The van der Waals surface area contributed by atoms with Gasteiger partial charge in [-0.2, -0.15) is 0 Å². The molecule has 1 aromatic carbocycles. The second-order valence-corrected chi connectivity index (χ2v) is 7.69. The lowest BCUT2D eigenvalue weighted by Gasteiger charge is -2.40. The Bertz CT molecular complexity index is 928. The summed E-state index contributed by atoms with van der Waals surface area (Å²) in [5.41, 5.74) is 1.89. The Morgan fingerprint density at radius 3 is 2.59 bits per heavy atom. The molecule has 1 amide bonds. The summed E-state index contributed by atoms with van der Waals surface area (Å²) in [6.07, 6.45) is 3.37. The maximum Gasteiger partial charge on any atom is 0.266 e. The molecule has 0 saturated carbocycles. The van der Waals surface area contributed by atoms with E-state index in [0.29, 0.717) is 22.3 Å². The topological polar surface area (TPSA) is 62.2 Å². The van der Waals surface area contributed by atoms with Gasteiger partial charge in [0.05, 0.1) is 11.7 Å². The molecule has 0 bridgehead atoms. The van der Waals surface area contributed by atoms with Gasteiger partial charge in [0.1, 0.15) is 4.88 Å². The standard InChI is InChI=1S/C20H21N5OS/c1-14-17(27-19(23-14)18-21-9-6-10-22-18)20(26)25-12-11-24(2)13-16(25)15-7-4-3-5-8-15/h3-10,16H,11-13H2,1-2H3. The van der Waals surface area contributed by atoms with Crippen molar-refractivity contribution in [1.82, 2.24) is 24.8 Å². The zero-order valence-electron chi connectivity index (χ0n) is 15.4. The molecule has 6 nitrogen and oxygen atoms in total. The first-order valence-corrected chi connectivity index (χ1v) is 9.74. The van der Waals surface area contributed by atoms with Gasteiger partial charge in [-0.05, 0) is 25.6 Å². The van der Waals surface area contributed by atoms with E-state index in [1.807, 2.05) is 30.0 Å². The van der Waals surface area contributed by atoms with Crippen molar-refractivity contribution in [3.63, 3.8) is 0 Å². The molecule has 1 atom stereocenters. The molecule has 0 N–H and O–H groups in total. The molecule has 0 spiro atoms. The van der Waals surface area contributed by atoms with Gasteiger partial charge in [-0.1, -0.05) is 30.3 Å². The number of carbonyl (C=O) groups excluding carboxylic acids is 1. The van der Waals surface area contributed by atoms with E-state index in [9.17, 15) is 4.79 Å². The van der Waals surface area contributed by atoms with Crippen LogP contribution in [0, 0.1) is 6.92 Å². The molecule has 3 heterocycles. The molecule has 1 fully saturated rings. The lowest BCUT2D eigenvalue weighted by Crippen LogP contribution is -2.49. The van der Waals surface area contributed by atoms with Crippen LogP contribution in [-0.2, 0) is 0 Å². The smallest absolute Gasteiger partial charge is 0.266 e. The summed E-state index contributed by atoms with van der Waals surface area (Å²) < 4.78 is 0. The number of rotatable bonds is 3. The summed E-state index contributed by atoms with van der Waals surface area (Å²) in [4.78, 5) is 31.4. The summed E-state index contributed by atoms with van der Waals surface area (Å²) in [6, 6.07) is 12.0. The van der Waals surface area contributed by atoms with Crippen LogP contribution in [0.3, 0.4) is 0 Å². The first-order valence-electron chi connectivity index (χ1n) is 8.93. The van der Waals surface area contributed by atoms with Gasteiger partial charge in [0.15, 0.2) is 10.8 Å². The van der Waals surface area contributed by atoms with Crippen LogP contribution >= 0.6 is 11.3 Å². The molecule has 4 rings (SSSR count). The number of carbonyl (C=O) groups is 1. The summed E-state index contributed by atoms with van der Waals surface area (Å²) in [5, 5.41) is 0.682. The summed E-state index contributed by atoms with van der Waals surface area (Å²) in [5.74, 6) is 0.594. The van der Waals surface area contributed by atoms with Crippen LogP contribution in [-0.4, -0.2) is 57.3 Å². The number of piperazine rings is 1. The van der Waals surface area contributed by atoms with Crippen LogP contribution < -0.4 is 0 Å². The Kier molecular flexibility index (Phi) is 4.96. The minimum Gasteiger partial charge on any atom is -0.328 e. The Hall–Kier alpha value is -2.64. The van der Waals surface area contributed by atoms with Gasteiger partial charge in [-0.15, -0.1) is 11.3 Å². The monoisotopic (exact) mass is 379 g/mol. The molecular weight excluding hydrogens is 358 g/mol.